The molecule has 3 unspecified atom stereocenters. The fraction of sp³-hybridized carbons (Fsp3) is 0.733. The Bertz CT molecular complexity index is 295. The van der Waals surface area contributed by atoms with Gasteiger partial charge in [-0.05, 0) is 63.7 Å². The third-order valence-corrected chi connectivity index (χ3v) is 4.59. The first kappa shape index (κ1) is 11.0. The molecule has 1 fully saturated rings. The first-order valence-electron chi connectivity index (χ1n) is 6.46. The van der Waals surface area contributed by atoms with Gasteiger partial charge >= 0.3 is 0 Å². The van der Waals surface area contributed by atoms with Gasteiger partial charge in [-0.15, -0.1) is 0 Å². The van der Waals surface area contributed by atoms with Gasteiger partial charge in [-0.3, -0.25) is 0 Å². The molecule has 15 heavy (non-hydrogen) atoms. The van der Waals surface area contributed by atoms with Gasteiger partial charge in [-0.25, -0.2) is 0 Å². The van der Waals surface area contributed by atoms with E-state index >= 15 is 0 Å². The van der Waals surface area contributed by atoms with E-state index in [1.165, 1.54) is 37.7 Å². The lowest BCUT2D eigenvalue weighted by atomic mass is 9.64. The summed E-state index contributed by atoms with van der Waals surface area (Å²) in [6.07, 6.45) is 7.00. The summed E-state index contributed by atoms with van der Waals surface area (Å²) in [5.41, 5.74) is 4.90. The van der Waals surface area contributed by atoms with E-state index in [2.05, 4.69) is 27.4 Å². The topological polar surface area (TPSA) is 0 Å². The highest BCUT2D eigenvalue weighted by Crippen LogP contribution is 2.47. The van der Waals surface area contributed by atoms with Gasteiger partial charge in [0.25, 0.3) is 0 Å². The van der Waals surface area contributed by atoms with Crippen LogP contribution in [0.5, 0.6) is 0 Å². The molecule has 0 aromatic heterocycles. The van der Waals surface area contributed by atoms with Crippen molar-refractivity contribution in [2.75, 3.05) is 0 Å². The molecule has 0 aliphatic heterocycles. The summed E-state index contributed by atoms with van der Waals surface area (Å²) >= 11 is 0. The van der Waals surface area contributed by atoms with Crippen LogP contribution in [0.15, 0.2) is 23.3 Å². The zero-order chi connectivity index (χ0) is 11.0. The van der Waals surface area contributed by atoms with Gasteiger partial charge in [0.05, 0.1) is 0 Å². The Morgan fingerprint density at radius 1 is 1.27 bits per heavy atom. The normalized spacial score (nSPS) is 36.3. The summed E-state index contributed by atoms with van der Waals surface area (Å²) in [7, 11) is 0. The maximum absolute atomic E-state index is 4.17. The van der Waals surface area contributed by atoms with E-state index < -0.39 is 0 Å². The molecule has 2 rings (SSSR count). The number of fused-ring (bicyclic) bond motifs is 1. The van der Waals surface area contributed by atoms with E-state index in [1.54, 1.807) is 11.1 Å². The van der Waals surface area contributed by atoms with Gasteiger partial charge in [0.1, 0.15) is 0 Å². The molecule has 3 atom stereocenters. The minimum absolute atomic E-state index is 0.754. The van der Waals surface area contributed by atoms with Gasteiger partial charge in [0, 0.05) is 0 Å². The summed E-state index contributed by atoms with van der Waals surface area (Å²) in [6, 6.07) is 0. The molecule has 0 aromatic rings. The summed E-state index contributed by atoms with van der Waals surface area (Å²) < 4.78 is 0. The zero-order valence-electron chi connectivity index (χ0n) is 10.5. The van der Waals surface area contributed by atoms with Gasteiger partial charge in [0.2, 0.25) is 0 Å². The van der Waals surface area contributed by atoms with Gasteiger partial charge in [-0.1, -0.05) is 30.2 Å². The highest BCUT2D eigenvalue weighted by atomic mass is 14.4. The van der Waals surface area contributed by atoms with E-state index in [0.717, 1.165) is 17.8 Å². The van der Waals surface area contributed by atoms with Crippen LogP contribution in [0.2, 0.25) is 0 Å². The van der Waals surface area contributed by atoms with Crippen LogP contribution in [0.25, 0.3) is 0 Å². The molecule has 0 amide bonds. The van der Waals surface area contributed by atoms with Crippen LogP contribution in [0.3, 0.4) is 0 Å². The van der Waals surface area contributed by atoms with Crippen LogP contribution >= 0.6 is 0 Å². The molecular weight excluding hydrogens is 180 g/mol. The van der Waals surface area contributed by atoms with Crippen molar-refractivity contribution < 1.29 is 0 Å². The second kappa shape index (κ2) is 4.15. The van der Waals surface area contributed by atoms with E-state index in [9.17, 15) is 0 Å². The summed E-state index contributed by atoms with van der Waals surface area (Å²) in [5, 5.41) is 0. The molecule has 0 heteroatoms. The fourth-order valence-electron chi connectivity index (χ4n) is 3.84. The van der Waals surface area contributed by atoms with Crippen molar-refractivity contribution in [3.05, 3.63) is 23.3 Å². The van der Waals surface area contributed by atoms with E-state index in [4.69, 9.17) is 0 Å². The Labute approximate surface area is 94.5 Å². The molecule has 0 bridgehead atoms. The first-order valence-corrected chi connectivity index (χ1v) is 6.46. The average molecular weight is 204 g/mol. The van der Waals surface area contributed by atoms with Gasteiger partial charge in [0.15, 0.2) is 0 Å². The summed E-state index contributed by atoms with van der Waals surface area (Å²) in [6.45, 7) is 11.2. The maximum Gasteiger partial charge on any atom is -0.0145 e. The third kappa shape index (κ3) is 1.91. The highest BCUT2D eigenvalue weighted by molar-refractivity contribution is 5.25. The fourth-order valence-corrected chi connectivity index (χ4v) is 3.84. The van der Waals surface area contributed by atoms with E-state index in [0.29, 0.717) is 0 Å². The molecule has 0 heterocycles. The lowest BCUT2D eigenvalue weighted by Crippen LogP contribution is -2.29. The molecule has 0 radical (unpaired) electrons. The minimum Gasteiger partial charge on any atom is -0.0998 e. The van der Waals surface area contributed by atoms with Gasteiger partial charge in [-0.2, -0.15) is 0 Å². The molecule has 0 aromatic carbocycles. The Morgan fingerprint density at radius 2 is 2.00 bits per heavy atom. The van der Waals surface area contributed by atoms with Crippen molar-refractivity contribution in [3.8, 4) is 0 Å². The quantitative estimate of drug-likeness (QED) is 0.542. The van der Waals surface area contributed by atoms with Crippen molar-refractivity contribution in [2.24, 2.45) is 17.8 Å². The molecule has 0 nitrogen and oxygen atoms in total. The third-order valence-electron chi connectivity index (χ3n) is 4.59. The van der Waals surface area contributed by atoms with Gasteiger partial charge < -0.3 is 0 Å². The Morgan fingerprint density at radius 3 is 2.67 bits per heavy atom. The van der Waals surface area contributed by atoms with Crippen molar-refractivity contribution in [1.82, 2.24) is 0 Å². The van der Waals surface area contributed by atoms with Crippen LogP contribution < -0.4 is 0 Å². The smallest absolute Gasteiger partial charge is 0.0145 e. The molecule has 0 saturated heterocycles. The molecule has 84 valence electrons. The standard InChI is InChI=1S/C15H24/c1-10(2)14-9-8-13-7-5-6-11(3)15(13)12(14)4/h12-14H,1,5-9H2,2-4H3. The van der Waals surface area contributed by atoms with Crippen LogP contribution in [-0.2, 0) is 0 Å². The second-order valence-corrected chi connectivity index (χ2v) is 5.64. The monoisotopic (exact) mass is 204 g/mol. The largest absolute Gasteiger partial charge is 0.0998 e. The molecule has 1 saturated carbocycles. The van der Waals surface area contributed by atoms with Crippen molar-refractivity contribution in [2.45, 2.75) is 52.9 Å². The van der Waals surface area contributed by atoms with Crippen LogP contribution in [-0.4, -0.2) is 0 Å². The second-order valence-electron chi connectivity index (χ2n) is 5.64. The van der Waals surface area contributed by atoms with Crippen molar-refractivity contribution >= 4 is 0 Å². The van der Waals surface area contributed by atoms with Crippen LogP contribution in [0, 0.1) is 17.8 Å². The lowest BCUT2D eigenvalue weighted by Gasteiger charge is -2.41. The molecule has 0 N–H and O–H groups in total. The molecular formula is C15H24. The number of rotatable bonds is 1. The van der Waals surface area contributed by atoms with Crippen LogP contribution in [0.1, 0.15) is 52.9 Å². The Kier molecular flexibility index (Phi) is 3.04. The SMILES string of the molecule is C=C(C)C1CCC2CCCC(C)=C2C1C. The average Bonchev–Trinajstić information content (AvgIpc) is 2.17. The van der Waals surface area contributed by atoms with Crippen molar-refractivity contribution in [1.29, 1.82) is 0 Å². The number of hydrogen-bond donors (Lipinski definition) is 0. The van der Waals surface area contributed by atoms with E-state index in [-0.39, 0.29) is 0 Å². The zero-order valence-corrected chi connectivity index (χ0v) is 10.5. The predicted molar refractivity (Wildman–Crippen MR) is 66.7 cm³/mol. The van der Waals surface area contributed by atoms with Crippen molar-refractivity contribution in [3.63, 3.8) is 0 Å². The summed E-state index contributed by atoms with van der Waals surface area (Å²) in [4.78, 5) is 0. The number of allylic oxidation sites excluding steroid dienone is 3. The Balaban J connectivity index is 2.27. The maximum atomic E-state index is 4.17. The lowest BCUT2D eigenvalue weighted by molar-refractivity contribution is 0.278. The van der Waals surface area contributed by atoms with E-state index in [1.807, 2.05) is 0 Å². The van der Waals surface area contributed by atoms with Crippen LogP contribution in [0.4, 0.5) is 0 Å². The Hall–Kier alpha value is -0.520. The highest BCUT2D eigenvalue weighted by Gasteiger charge is 2.34. The molecule has 2 aliphatic rings. The predicted octanol–water partition coefficient (Wildman–Crippen LogP) is 4.73. The molecule has 2 aliphatic carbocycles. The minimum atomic E-state index is 0.754. The number of hydrogen-bond acceptors (Lipinski definition) is 0. The first-order chi connectivity index (χ1) is 7.11. The summed E-state index contributed by atoms with van der Waals surface area (Å²) in [5.74, 6) is 2.44. The molecule has 0 spiro atoms.